The summed E-state index contributed by atoms with van der Waals surface area (Å²) in [6, 6.07) is 0. The van der Waals surface area contributed by atoms with Crippen molar-refractivity contribution in [1.82, 2.24) is 4.98 Å². The third-order valence-electron chi connectivity index (χ3n) is 2.00. The summed E-state index contributed by atoms with van der Waals surface area (Å²) < 4.78 is 6.06. The number of ether oxygens (including phenoxy) is 1. The van der Waals surface area contributed by atoms with Crippen molar-refractivity contribution in [3.63, 3.8) is 0 Å². The number of aromatic nitrogens is 1. The molecule has 4 heteroatoms. The Morgan fingerprint density at radius 1 is 1.67 bits per heavy atom. The molecule has 1 aromatic heterocycles. The molecule has 0 radical (unpaired) electrons. The molecule has 0 fully saturated rings. The molecule has 0 amide bonds. The van der Waals surface area contributed by atoms with Gasteiger partial charge in [0.25, 0.3) is 0 Å². The number of rotatable bonds is 1. The van der Waals surface area contributed by atoms with E-state index in [1.165, 1.54) is 5.56 Å². The van der Waals surface area contributed by atoms with Gasteiger partial charge in [-0.3, -0.25) is 0 Å². The largest absolute Gasteiger partial charge is 0.495 e. The maximum Gasteiger partial charge on any atom is 0.142 e. The predicted molar refractivity (Wildman–Crippen MR) is 50.7 cm³/mol. The molecule has 0 saturated heterocycles. The Morgan fingerprint density at radius 3 is 3.25 bits per heavy atom. The first-order valence-corrected chi connectivity index (χ1v) is 4.57. The van der Waals surface area contributed by atoms with E-state index in [2.05, 4.69) is 26.2 Å². The molecule has 1 aliphatic rings. The van der Waals surface area contributed by atoms with Crippen molar-refractivity contribution < 1.29 is 4.74 Å². The molecule has 1 N–H and O–H groups in total. The maximum atomic E-state index is 5.19. The number of anilines is 1. The van der Waals surface area contributed by atoms with Gasteiger partial charge in [-0.25, -0.2) is 4.98 Å². The summed E-state index contributed by atoms with van der Waals surface area (Å²) in [6.45, 7) is 0.968. The minimum absolute atomic E-state index is 0.871. The number of methoxy groups -OCH3 is 1. The van der Waals surface area contributed by atoms with Gasteiger partial charge in [-0.05, 0) is 22.4 Å². The molecule has 0 saturated carbocycles. The average Bonchev–Trinajstić information content (AvgIpc) is 2.54. The lowest BCUT2D eigenvalue weighted by molar-refractivity contribution is 0.409. The van der Waals surface area contributed by atoms with Crippen molar-refractivity contribution in [1.29, 1.82) is 0 Å². The van der Waals surface area contributed by atoms with Crippen LogP contribution in [0.15, 0.2) is 10.8 Å². The van der Waals surface area contributed by atoms with Gasteiger partial charge in [0.05, 0.1) is 19.0 Å². The summed E-state index contributed by atoms with van der Waals surface area (Å²) in [6.07, 6.45) is 2.76. The van der Waals surface area contributed by atoms with Gasteiger partial charge < -0.3 is 10.1 Å². The first-order valence-electron chi connectivity index (χ1n) is 3.78. The summed E-state index contributed by atoms with van der Waals surface area (Å²) in [5.41, 5.74) is 2.30. The van der Waals surface area contributed by atoms with Crippen LogP contribution >= 0.6 is 15.9 Å². The van der Waals surface area contributed by atoms with Gasteiger partial charge in [-0.15, -0.1) is 0 Å². The second-order valence-corrected chi connectivity index (χ2v) is 3.40. The van der Waals surface area contributed by atoms with Gasteiger partial charge in [-0.1, -0.05) is 0 Å². The lowest BCUT2D eigenvalue weighted by Crippen LogP contribution is -1.93. The van der Waals surface area contributed by atoms with Crippen molar-refractivity contribution in [2.45, 2.75) is 6.42 Å². The molecule has 0 aromatic carbocycles. The zero-order valence-corrected chi connectivity index (χ0v) is 8.31. The van der Waals surface area contributed by atoms with E-state index in [-0.39, 0.29) is 0 Å². The van der Waals surface area contributed by atoms with Crippen LogP contribution in [0.5, 0.6) is 5.75 Å². The Hall–Kier alpha value is -0.770. The molecule has 12 heavy (non-hydrogen) atoms. The van der Waals surface area contributed by atoms with E-state index in [4.69, 9.17) is 4.74 Å². The van der Waals surface area contributed by atoms with E-state index >= 15 is 0 Å². The number of nitrogens with one attached hydrogen (secondary N) is 1. The molecule has 0 bridgehead atoms. The van der Waals surface area contributed by atoms with E-state index in [1.54, 1.807) is 13.3 Å². The fourth-order valence-corrected chi connectivity index (χ4v) is 1.90. The highest BCUT2D eigenvalue weighted by atomic mass is 79.9. The molecule has 0 aliphatic carbocycles. The van der Waals surface area contributed by atoms with Crippen LogP contribution in [-0.4, -0.2) is 18.6 Å². The number of fused-ring (bicyclic) bond motifs is 1. The molecule has 64 valence electrons. The Morgan fingerprint density at radius 2 is 2.50 bits per heavy atom. The van der Waals surface area contributed by atoms with Gasteiger partial charge in [0.15, 0.2) is 0 Å². The third kappa shape index (κ3) is 1.06. The second-order valence-electron chi connectivity index (χ2n) is 2.65. The SMILES string of the molecule is COc1cnc(Br)c2c1CCN2. The highest BCUT2D eigenvalue weighted by molar-refractivity contribution is 9.10. The quantitative estimate of drug-likeness (QED) is 0.746. The topological polar surface area (TPSA) is 34.1 Å². The Bertz CT molecular complexity index is 314. The number of hydrogen-bond acceptors (Lipinski definition) is 3. The number of nitrogens with zero attached hydrogens (tertiary/aromatic N) is 1. The molecule has 2 rings (SSSR count). The van der Waals surface area contributed by atoms with Crippen LogP contribution in [0.3, 0.4) is 0 Å². The monoisotopic (exact) mass is 228 g/mol. The fraction of sp³-hybridized carbons (Fsp3) is 0.375. The van der Waals surface area contributed by atoms with E-state index in [9.17, 15) is 0 Å². The Labute approximate surface area is 79.3 Å². The minimum Gasteiger partial charge on any atom is -0.495 e. The van der Waals surface area contributed by atoms with Crippen LogP contribution in [-0.2, 0) is 6.42 Å². The van der Waals surface area contributed by atoms with Crippen LogP contribution in [0.4, 0.5) is 5.69 Å². The molecule has 0 atom stereocenters. The molecule has 0 unspecified atom stereocenters. The van der Waals surface area contributed by atoms with Crippen LogP contribution in [0.1, 0.15) is 5.56 Å². The average molecular weight is 229 g/mol. The van der Waals surface area contributed by atoms with E-state index in [0.29, 0.717) is 0 Å². The van der Waals surface area contributed by atoms with Crippen molar-refractivity contribution >= 4 is 21.6 Å². The normalized spacial score (nSPS) is 13.8. The van der Waals surface area contributed by atoms with Gasteiger partial charge in [0.2, 0.25) is 0 Å². The summed E-state index contributed by atoms with van der Waals surface area (Å²) in [5, 5.41) is 3.25. The lowest BCUT2D eigenvalue weighted by Gasteiger charge is -2.06. The van der Waals surface area contributed by atoms with Gasteiger partial charge in [0.1, 0.15) is 10.4 Å². The second kappa shape index (κ2) is 2.94. The van der Waals surface area contributed by atoms with Crippen LogP contribution in [0, 0.1) is 0 Å². The lowest BCUT2D eigenvalue weighted by atomic mass is 10.2. The molecular weight excluding hydrogens is 220 g/mol. The molecule has 3 nitrogen and oxygen atoms in total. The first-order chi connectivity index (χ1) is 5.83. The van der Waals surface area contributed by atoms with Crippen molar-refractivity contribution in [2.75, 3.05) is 19.0 Å². The van der Waals surface area contributed by atoms with Crippen LogP contribution in [0.2, 0.25) is 0 Å². The van der Waals surface area contributed by atoms with Gasteiger partial charge >= 0.3 is 0 Å². The predicted octanol–water partition coefficient (Wildman–Crippen LogP) is 1.82. The Balaban J connectivity index is 2.57. The molecule has 1 aromatic rings. The van der Waals surface area contributed by atoms with E-state index in [0.717, 1.165) is 29.0 Å². The summed E-state index contributed by atoms with van der Waals surface area (Å²) >= 11 is 3.38. The smallest absolute Gasteiger partial charge is 0.142 e. The standard InChI is InChI=1S/C8H9BrN2O/c1-12-6-4-11-8(9)7-5(6)2-3-10-7/h4,10H,2-3H2,1H3. The maximum absolute atomic E-state index is 5.19. The van der Waals surface area contributed by atoms with Crippen molar-refractivity contribution in [3.05, 3.63) is 16.4 Å². The minimum atomic E-state index is 0.871. The van der Waals surface area contributed by atoms with E-state index < -0.39 is 0 Å². The highest BCUT2D eigenvalue weighted by Gasteiger charge is 2.18. The van der Waals surface area contributed by atoms with E-state index in [1.807, 2.05) is 0 Å². The number of hydrogen-bond donors (Lipinski definition) is 1. The van der Waals surface area contributed by atoms with Crippen LogP contribution in [0.25, 0.3) is 0 Å². The summed E-state index contributed by atoms with van der Waals surface area (Å²) in [7, 11) is 1.67. The van der Waals surface area contributed by atoms with Crippen LogP contribution < -0.4 is 10.1 Å². The van der Waals surface area contributed by atoms with Crippen molar-refractivity contribution in [2.24, 2.45) is 0 Å². The zero-order chi connectivity index (χ0) is 8.55. The van der Waals surface area contributed by atoms with Crippen molar-refractivity contribution in [3.8, 4) is 5.75 Å². The van der Waals surface area contributed by atoms with Gasteiger partial charge in [0, 0.05) is 12.1 Å². The summed E-state index contributed by atoms with van der Waals surface area (Å²) in [4.78, 5) is 4.15. The number of halogens is 1. The van der Waals surface area contributed by atoms with Gasteiger partial charge in [-0.2, -0.15) is 0 Å². The summed E-state index contributed by atoms with van der Waals surface area (Å²) in [5.74, 6) is 0.873. The molecular formula is C8H9BrN2O. The molecule has 0 spiro atoms. The molecule has 2 heterocycles. The first kappa shape index (κ1) is 7.86. The third-order valence-corrected chi connectivity index (χ3v) is 2.60. The number of pyridine rings is 1. The Kier molecular flexibility index (Phi) is 1.92. The fourth-order valence-electron chi connectivity index (χ4n) is 1.42. The zero-order valence-electron chi connectivity index (χ0n) is 6.72. The highest BCUT2D eigenvalue weighted by Crippen LogP contribution is 2.35. The molecule has 1 aliphatic heterocycles.